The minimum Gasteiger partial charge on any atom is -0.508 e. The molecule has 0 spiro atoms. The number of rotatable bonds is 5. The lowest BCUT2D eigenvalue weighted by molar-refractivity contribution is -0.131. The number of carbonyl (C=O) groups excluding carboxylic acids is 1. The molecule has 2 heterocycles. The molecule has 2 aliphatic rings. The maximum atomic E-state index is 14.0. The van der Waals surface area contributed by atoms with Crippen LogP contribution in [-0.4, -0.2) is 48.4 Å². The van der Waals surface area contributed by atoms with Crippen LogP contribution in [0.3, 0.4) is 0 Å². The predicted molar refractivity (Wildman–Crippen MR) is 142 cm³/mol. The number of hydrogen-bond donors (Lipinski definition) is 2. The largest absolute Gasteiger partial charge is 0.508 e. The summed E-state index contributed by atoms with van der Waals surface area (Å²) in [6.45, 7) is 3.51. The van der Waals surface area contributed by atoms with E-state index in [-0.39, 0.29) is 17.7 Å². The quantitative estimate of drug-likeness (QED) is 0.473. The number of carbonyl (C=O) groups is 1. The Morgan fingerprint density at radius 2 is 2.03 bits per heavy atom. The highest BCUT2D eigenvalue weighted by molar-refractivity contribution is 6.31. The first-order valence-electron chi connectivity index (χ1n) is 12.0. The Morgan fingerprint density at radius 1 is 1.19 bits per heavy atom. The van der Waals surface area contributed by atoms with Gasteiger partial charge in [0.2, 0.25) is 5.91 Å². The van der Waals surface area contributed by atoms with Crippen molar-refractivity contribution in [1.82, 2.24) is 10.2 Å². The molecular weight excluding hydrogens is 479 g/mol. The van der Waals surface area contributed by atoms with Gasteiger partial charge in [-0.25, -0.2) is 9.38 Å². The fourth-order valence-electron chi connectivity index (χ4n) is 5.03. The van der Waals surface area contributed by atoms with E-state index in [1.807, 2.05) is 55.3 Å². The Bertz CT molecular complexity index is 1300. The Kier molecular flexibility index (Phi) is 6.69. The van der Waals surface area contributed by atoms with Crippen molar-refractivity contribution in [2.45, 2.75) is 31.8 Å². The van der Waals surface area contributed by atoms with Crippen LogP contribution in [-0.2, 0) is 4.79 Å². The highest BCUT2D eigenvalue weighted by Gasteiger charge is 2.35. The molecule has 0 aliphatic carbocycles. The third-order valence-electron chi connectivity index (χ3n) is 6.73. The third kappa shape index (κ3) is 4.94. The summed E-state index contributed by atoms with van der Waals surface area (Å²) in [6, 6.07) is 14.6. The van der Waals surface area contributed by atoms with Gasteiger partial charge in [-0.3, -0.25) is 4.79 Å². The van der Waals surface area contributed by atoms with Crippen molar-refractivity contribution in [2.75, 3.05) is 25.0 Å². The van der Waals surface area contributed by atoms with Crippen LogP contribution < -0.4 is 10.2 Å². The van der Waals surface area contributed by atoms with Gasteiger partial charge in [0, 0.05) is 42.0 Å². The van der Waals surface area contributed by atoms with Gasteiger partial charge in [-0.1, -0.05) is 17.7 Å². The number of fused-ring (bicyclic) bond motifs is 1. The van der Waals surface area contributed by atoms with Crippen LogP contribution in [0.15, 0.2) is 59.6 Å². The van der Waals surface area contributed by atoms with E-state index in [1.54, 1.807) is 11.2 Å². The number of anilines is 1. The van der Waals surface area contributed by atoms with E-state index in [0.717, 1.165) is 36.7 Å². The Morgan fingerprint density at radius 3 is 2.75 bits per heavy atom. The topological polar surface area (TPSA) is 68.2 Å². The summed E-state index contributed by atoms with van der Waals surface area (Å²) in [6.07, 6.45) is 3.81. The van der Waals surface area contributed by atoms with Crippen LogP contribution in [0.1, 0.15) is 30.0 Å². The van der Waals surface area contributed by atoms with Gasteiger partial charge >= 0.3 is 0 Å². The number of aromatic hydroxyl groups is 1. The number of benzene rings is 3. The second-order valence-electron chi connectivity index (χ2n) is 9.52. The molecule has 6 nitrogen and oxygen atoms in total. The van der Waals surface area contributed by atoms with Gasteiger partial charge in [0.1, 0.15) is 17.6 Å². The van der Waals surface area contributed by atoms with E-state index >= 15 is 0 Å². The van der Waals surface area contributed by atoms with Crippen molar-refractivity contribution >= 4 is 35.2 Å². The first-order chi connectivity index (χ1) is 17.3. The lowest BCUT2D eigenvalue weighted by atomic mass is 9.94. The van der Waals surface area contributed by atoms with Gasteiger partial charge in [0.15, 0.2) is 0 Å². The van der Waals surface area contributed by atoms with Crippen molar-refractivity contribution in [3.63, 3.8) is 0 Å². The maximum Gasteiger partial charge on any atom is 0.250 e. The van der Waals surface area contributed by atoms with Crippen LogP contribution in [0.4, 0.5) is 15.8 Å². The second kappa shape index (κ2) is 9.91. The van der Waals surface area contributed by atoms with Crippen LogP contribution in [0.2, 0.25) is 5.02 Å². The van der Waals surface area contributed by atoms with E-state index in [0.29, 0.717) is 33.9 Å². The molecule has 1 amide bonds. The van der Waals surface area contributed by atoms with E-state index in [1.165, 1.54) is 12.1 Å². The van der Waals surface area contributed by atoms with Crippen LogP contribution in [0.25, 0.3) is 11.1 Å². The van der Waals surface area contributed by atoms with Crippen molar-refractivity contribution in [1.29, 1.82) is 0 Å². The molecule has 186 valence electrons. The van der Waals surface area contributed by atoms with E-state index in [2.05, 4.69) is 10.3 Å². The smallest absolute Gasteiger partial charge is 0.250 e. The van der Waals surface area contributed by atoms with Gasteiger partial charge in [-0.2, -0.15) is 0 Å². The molecule has 2 N–H and O–H groups in total. The van der Waals surface area contributed by atoms with E-state index < -0.39 is 11.9 Å². The van der Waals surface area contributed by atoms with Crippen LogP contribution in [0, 0.1) is 12.7 Å². The zero-order valence-corrected chi connectivity index (χ0v) is 21.0. The van der Waals surface area contributed by atoms with Crippen molar-refractivity contribution in [3.05, 3.63) is 76.6 Å². The summed E-state index contributed by atoms with van der Waals surface area (Å²) >= 11 is 6.37. The second-order valence-corrected chi connectivity index (χ2v) is 9.96. The lowest BCUT2D eigenvalue weighted by Gasteiger charge is -2.36. The Labute approximate surface area is 215 Å². The minimum absolute atomic E-state index is 0.0760. The molecule has 0 radical (unpaired) electrons. The molecule has 8 heteroatoms. The van der Waals surface area contributed by atoms with Crippen LogP contribution >= 0.6 is 11.6 Å². The number of amides is 1. The summed E-state index contributed by atoms with van der Waals surface area (Å²) in [5.41, 5.74) is 4.29. The summed E-state index contributed by atoms with van der Waals surface area (Å²) in [5.74, 6) is -0.769. The molecule has 0 aromatic heterocycles. The standard InChI is InChI=1S/C28H28ClFN4O2/c1-17-8-20(29)13-23(9-17)34-16-32-26-6-5-18(19-10-21(30)14-24(35)11-19)12-25(26)27(34)28(36)33(2)15-22-4-3-7-31-22/h5-6,8-14,16,22,27,31,35H,3-4,7,15H2,1-2H3/t22-,27?/m0/s1. The average molecular weight is 507 g/mol. The SMILES string of the molecule is Cc1cc(Cl)cc(N2C=Nc3ccc(-c4cc(O)cc(F)c4)cc3C2C(=O)N(C)C[C@@H]2CCCN2)c1. The number of phenolic OH excluding ortho intramolecular Hbond substituents is 1. The molecule has 1 saturated heterocycles. The zero-order chi connectivity index (χ0) is 25.4. The number of phenols is 1. The van der Waals surface area contributed by atoms with Crippen molar-refractivity contribution in [2.24, 2.45) is 4.99 Å². The summed E-state index contributed by atoms with van der Waals surface area (Å²) in [5, 5.41) is 14.0. The number of nitrogens with zero attached hydrogens (tertiary/aromatic N) is 3. The normalized spacial score (nSPS) is 18.8. The first kappa shape index (κ1) is 24.3. The molecule has 2 atom stereocenters. The molecule has 1 fully saturated rings. The zero-order valence-electron chi connectivity index (χ0n) is 20.2. The van der Waals surface area contributed by atoms with Gasteiger partial charge in [-0.05, 0) is 85.5 Å². The summed E-state index contributed by atoms with van der Waals surface area (Å²) in [4.78, 5) is 22.3. The van der Waals surface area contributed by atoms with Gasteiger partial charge < -0.3 is 20.2 Å². The molecule has 0 saturated carbocycles. The minimum atomic E-state index is -0.691. The first-order valence-corrected chi connectivity index (χ1v) is 12.4. The number of likely N-dealkylation sites (N-methyl/N-ethyl adjacent to an activating group) is 1. The molecule has 5 rings (SSSR count). The third-order valence-corrected chi connectivity index (χ3v) is 6.95. The predicted octanol–water partition coefficient (Wildman–Crippen LogP) is 5.59. The monoisotopic (exact) mass is 506 g/mol. The summed E-state index contributed by atoms with van der Waals surface area (Å²) < 4.78 is 14.0. The molecule has 0 bridgehead atoms. The maximum absolute atomic E-state index is 14.0. The van der Waals surface area contributed by atoms with Crippen molar-refractivity contribution < 1.29 is 14.3 Å². The van der Waals surface area contributed by atoms with Gasteiger partial charge in [-0.15, -0.1) is 0 Å². The average Bonchev–Trinajstić information content (AvgIpc) is 3.34. The number of aliphatic imine (C=N–C) groups is 1. The molecular formula is C28H28ClFN4O2. The number of hydrogen-bond acceptors (Lipinski definition) is 5. The number of aryl methyl sites for hydroxylation is 1. The number of nitrogens with one attached hydrogen (secondary N) is 1. The highest BCUT2D eigenvalue weighted by Crippen LogP contribution is 2.40. The van der Waals surface area contributed by atoms with E-state index in [4.69, 9.17) is 11.6 Å². The Hall–Kier alpha value is -3.42. The molecule has 2 aliphatic heterocycles. The lowest BCUT2D eigenvalue weighted by Crippen LogP contribution is -2.46. The number of halogens is 2. The van der Waals surface area contributed by atoms with Crippen LogP contribution in [0.5, 0.6) is 5.75 Å². The molecule has 3 aromatic rings. The Balaban J connectivity index is 1.59. The molecule has 3 aromatic carbocycles. The van der Waals surface area contributed by atoms with Crippen molar-refractivity contribution in [3.8, 4) is 16.9 Å². The fourth-order valence-corrected chi connectivity index (χ4v) is 5.31. The fraction of sp³-hybridized carbons (Fsp3) is 0.286. The highest BCUT2D eigenvalue weighted by atomic mass is 35.5. The van der Waals surface area contributed by atoms with Gasteiger partial charge in [0.05, 0.1) is 12.0 Å². The summed E-state index contributed by atoms with van der Waals surface area (Å²) in [7, 11) is 1.82. The molecule has 1 unspecified atom stereocenters. The molecule has 36 heavy (non-hydrogen) atoms. The van der Waals surface area contributed by atoms with Gasteiger partial charge in [0.25, 0.3) is 0 Å². The van der Waals surface area contributed by atoms with E-state index in [9.17, 15) is 14.3 Å².